The number of furan rings is 1. The van der Waals surface area contributed by atoms with E-state index in [1.165, 1.54) is 130 Å². The van der Waals surface area contributed by atoms with Gasteiger partial charge in [-0.15, -0.1) is 11.3 Å². The molecule has 0 fully saturated rings. The lowest BCUT2D eigenvalue weighted by atomic mass is 9.82. The summed E-state index contributed by atoms with van der Waals surface area (Å²) in [5, 5.41) is 11.8. The van der Waals surface area contributed by atoms with Crippen LogP contribution in [-0.4, -0.2) is 58.6 Å². The van der Waals surface area contributed by atoms with E-state index in [4.69, 9.17) is 49.3 Å². The van der Waals surface area contributed by atoms with Crippen molar-refractivity contribution in [1.82, 2.24) is 58.6 Å². The van der Waals surface area contributed by atoms with E-state index >= 15 is 0 Å². The van der Waals surface area contributed by atoms with Crippen LogP contribution in [0.1, 0.15) is 74.9 Å². The van der Waals surface area contributed by atoms with Crippen LogP contribution in [0.15, 0.2) is 417 Å². The molecule has 8 aromatic heterocycles. The zero-order valence-electron chi connectivity index (χ0n) is 77.4. The molecule has 140 heavy (non-hydrogen) atoms. The second kappa shape index (κ2) is 31.8. The van der Waals surface area contributed by atoms with Crippen LogP contribution in [0.5, 0.6) is 0 Å². The SMILES string of the molecule is CC1(C)c2ccccc2-c2c1ccc1c2c2cc(-c3ccccc3)ccc2n1-c1nc(-c2ccccc2)nc(-c2ccccc2)n1.CC1(C)c2ccccc2-c2c1ccc1c2c2ccccc2n1-c1nc(-c2ccccc2)nc(-c2cccc3c2oc2ccccc23)n1.CC1(C)c2ccccc2-c2c1ccc1c2c2ccccc2n1-c1nc(-c2ccccc2)nc(-c2cccc3c2sc2ccccc23)n1. The molecular formula is C126H86N12OS. The topological polar surface area (TPSA) is 144 Å². The Morgan fingerprint density at radius 3 is 0.993 bits per heavy atom. The first kappa shape index (κ1) is 81.9. The molecule has 13 nitrogen and oxygen atoms in total. The van der Waals surface area contributed by atoms with Gasteiger partial charge in [0, 0.05) is 107 Å². The fraction of sp³-hybridized carbons (Fsp3) is 0.0714. The van der Waals surface area contributed by atoms with Gasteiger partial charge in [0.2, 0.25) is 17.8 Å². The monoisotopic (exact) mass is 1810 g/mol. The molecular weight excluding hydrogens is 1730 g/mol. The Hall–Kier alpha value is -17.6. The van der Waals surface area contributed by atoms with Gasteiger partial charge in [0.15, 0.2) is 34.9 Å². The van der Waals surface area contributed by atoms with Crippen molar-refractivity contribution in [3.63, 3.8) is 0 Å². The van der Waals surface area contributed by atoms with Crippen LogP contribution >= 0.6 is 11.3 Å². The summed E-state index contributed by atoms with van der Waals surface area (Å²) in [5.74, 6) is 5.58. The highest BCUT2D eigenvalue weighted by molar-refractivity contribution is 7.26. The van der Waals surface area contributed by atoms with E-state index in [-0.39, 0.29) is 16.2 Å². The summed E-state index contributed by atoms with van der Waals surface area (Å²) in [7, 11) is 0. The Kier molecular flexibility index (Phi) is 18.6. The predicted octanol–water partition coefficient (Wildman–Crippen LogP) is 31.8. The van der Waals surface area contributed by atoms with Crippen molar-refractivity contribution in [3.8, 4) is 131 Å². The van der Waals surface area contributed by atoms with Gasteiger partial charge in [-0.05, 0) is 145 Å². The van der Waals surface area contributed by atoms with Crippen molar-refractivity contribution in [3.05, 3.63) is 446 Å². The van der Waals surface area contributed by atoms with E-state index in [2.05, 4.69) is 352 Å². The molecule has 0 radical (unpaired) electrons. The van der Waals surface area contributed by atoms with E-state index in [0.717, 1.165) is 88.4 Å². The molecule has 0 amide bonds. The Bertz CT molecular complexity index is 9170. The standard InChI is InChI=1S/C42H28N4O.C42H28N4S.C42H30N4/c2*1-42(2)31-20-9-6-16-28(31)36-32(42)23-24-34-37(36)29-17-7-10-21-33(29)46(34)41-44-39(25-13-4-3-5-14-25)43-40(45-41)30-19-12-18-27-26-15-8-11-22-35(26)47-38(27)30;1-42(2)33-21-13-12-20-31(33)37-34(42)23-25-36-38(37)32-26-30(27-14-6-3-7-15-27)22-24-35(32)46(36)41-44-39(28-16-8-4-9-17-28)43-40(45-41)29-18-10-5-11-19-29/h2*3-24H,1-2H3;3-26H,1-2H3. The summed E-state index contributed by atoms with van der Waals surface area (Å²) in [5.41, 5.74) is 31.6. The maximum atomic E-state index is 6.45. The molecule has 26 aromatic rings. The molecule has 0 saturated heterocycles. The average molecular weight is 1820 g/mol. The largest absolute Gasteiger partial charge is 0.455 e. The van der Waals surface area contributed by atoms with Gasteiger partial charge in [-0.1, -0.05) is 387 Å². The molecule has 0 atom stereocenters. The van der Waals surface area contributed by atoms with Crippen LogP contribution in [0.25, 0.3) is 238 Å². The molecule has 0 N–H and O–H groups in total. The minimum Gasteiger partial charge on any atom is -0.455 e. The number of nitrogens with zero attached hydrogens (tertiary/aromatic N) is 12. The van der Waals surface area contributed by atoms with Crippen LogP contribution < -0.4 is 0 Å². The van der Waals surface area contributed by atoms with Crippen molar-refractivity contribution >= 4 is 119 Å². The first-order valence-corrected chi connectivity index (χ1v) is 48.5. The highest BCUT2D eigenvalue weighted by Crippen LogP contribution is 2.58. The number of hydrogen-bond acceptors (Lipinski definition) is 11. The average Bonchev–Trinajstić information content (AvgIpc) is 1.55. The van der Waals surface area contributed by atoms with Gasteiger partial charge < -0.3 is 4.42 Å². The van der Waals surface area contributed by atoms with Crippen LogP contribution in [0.4, 0.5) is 0 Å². The molecule has 8 heterocycles. The lowest BCUT2D eigenvalue weighted by molar-refractivity contribution is 0.660. The van der Waals surface area contributed by atoms with Crippen LogP contribution in [0.2, 0.25) is 0 Å². The number of hydrogen-bond donors (Lipinski definition) is 0. The Morgan fingerprint density at radius 2 is 0.536 bits per heavy atom. The van der Waals surface area contributed by atoms with Crippen molar-refractivity contribution < 1.29 is 4.42 Å². The smallest absolute Gasteiger partial charge is 0.238 e. The summed E-state index contributed by atoms with van der Waals surface area (Å²) in [6, 6.07) is 145. The number of thiophene rings is 1. The molecule has 0 aliphatic heterocycles. The minimum absolute atomic E-state index is 0.0902. The van der Waals surface area contributed by atoms with E-state index < -0.39 is 0 Å². The van der Waals surface area contributed by atoms with Crippen molar-refractivity contribution in [2.45, 2.75) is 57.8 Å². The molecule has 0 saturated carbocycles. The van der Waals surface area contributed by atoms with E-state index in [9.17, 15) is 0 Å². The Balaban J connectivity index is 0.000000105. The van der Waals surface area contributed by atoms with Gasteiger partial charge in [-0.2, -0.15) is 29.9 Å². The lowest BCUT2D eigenvalue weighted by Gasteiger charge is -2.21. The van der Waals surface area contributed by atoms with Crippen molar-refractivity contribution in [2.75, 3.05) is 0 Å². The first-order chi connectivity index (χ1) is 68.7. The summed E-state index contributed by atoms with van der Waals surface area (Å²) >= 11 is 1.79. The quantitative estimate of drug-likeness (QED) is 0.130. The summed E-state index contributed by atoms with van der Waals surface area (Å²) < 4.78 is 15.6. The zero-order valence-corrected chi connectivity index (χ0v) is 78.3. The van der Waals surface area contributed by atoms with Crippen LogP contribution in [0, 0.1) is 0 Å². The maximum absolute atomic E-state index is 6.45. The number of fused-ring (bicyclic) bond motifs is 27. The van der Waals surface area contributed by atoms with E-state index in [1.54, 1.807) is 11.3 Å². The molecule has 14 heteroatoms. The second-order valence-electron chi connectivity index (χ2n) is 38.2. The summed E-state index contributed by atoms with van der Waals surface area (Å²) in [4.78, 5) is 46.4. The second-order valence-corrected chi connectivity index (χ2v) is 39.2. The van der Waals surface area contributed by atoms with Crippen LogP contribution in [-0.2, 0) is 16.2 Å². The molecule has 3 aliphatic rings. The molecule has 0 unspecified atom stereocenters. The van der Waals surface area contributed by atoms with Gasteiger partial charge in [0.1, 0.15) is 11.2 Å². The number of rotatable bonds is 10. The molecule has 0 bridgehead atoms. The van der Waals surface area contributed by atoms with Gasteiger partial charge in [-0.25, -0.2) is 15.0 Å². The number of para-hydroxylation sites is 4. The third-order valence-corrected chi connectivity index (χ3v) is 30.5. The molecule has 662 valence electrons. The van der Waals surface area contributed by atoms with Gasteiger partial charge in [-0.3, -0.25) is 13.7 Å². The minimum atomic E-state index is -0.111. The molecule has 29 rings (SSSR count). The Labute approximate surface area is 810 Å². The normalized spacial score (nSPS) is 13.4. The van der Waals surface area contributed by atoms with Crippen molar-refractivity contribution in [2.24, 2.45) is 0 Å². The summed E-state index contributed by atoms with van der Waals surface area (Å²) in [6.45, 7) is 14.0. The fourth-order valence-corrected chi connectivity index (χ4v) is 23.8. The van der Waals surface area contributed by atoms with Gasteiger partial charge in [0.05, 0.1) is 38.7 Å². The highest BCUT2D eigenvalue weighted by Gasteiger charge is 2.42. The third kappa shape index (κ3) is 12.7. The molecule has 3 aliphatic carbocycles. The number of aromatic nitrogens is 12. The van der Waals surface area contributed by atoms with Gasteiger partial charge in [0.25, 0.3) is 0 Å². The molecule has 18 aromatic carbocycles. The van der Waals surface area contributed by atoms with E-state index in [1.807, 2.05) is 115 Å². The lowest BCUT2D eigenvalue weighted by Crippen LogP contribution is -2.14. The fourth-order valence-electron chi connectivity index (χ4n) is 22.6. The van der Waals surface area contributed by atoms with Gasteiger partial charge >= 0.3 is 0 Å². The Morgan fingerprint density at radius 1 is 0.214 bits per heavy atom. The van der Waals surface area contributed by atoms with Crippen molar-refractivity contribution in [1.29, 1.82) is 0 Å². The maximum Gasteiger partial charge on any atom is 0.238 e. The molecule has 0 spiro atoms. The highest BCUT2D eigenvalue weighted by atomic mass is 32.1. The van der Waals surface area contributed by atoms with Crippen LogP contribution in [0.3, 0.4) is 0 Å². The van der Waals surface area contributed by atoms with E-state index in [0.29, 0.717) is 52.8 Å². The third-order valence-electron chi connectivity index (χ3n) is 29.2. The summed E-state index contributed by atoms with van der Waals surface area (Å²) in [6.07, 6.45) is 0. The zero-order chi connectivity index (χ0) is 93.4. The first-order valence-electron chi connectivity index (χ1n) is 47.7. The predicted molar refractivity (Wildman–Crippen MR) is 573 cm³/mol. The number of benzene rings is 18.